The van der Waals surface area contributed by atoms with Crippen LogP contribution in [0, 0.1) is 5.41 Å². The van der Waals surface area contributed by atoms with Crippen molar-refractivity contribution >= 4 is 5.91 Å². The Hall–Kier alpha value is -2.18. The fourth-order valence-corrected chi connectivity index (χ4v) is 3.41. The number of hydrogen-bond acceptors (Lipinski definition) is 4. The maximum absolute atomic E-state index is 12.5. The minimum atomic E-state index is -0.719. The number of aliphatic hydroxyl groups is 2. The molecule has 1 aromatic heterocycles. The van der Waals surface area contributed by atoms with Crippen LogP contribution < -0.4 is 0 Å². The fraction of sp³-hybridized carbons (Fsp3) is 0.444. The van der Waals surface area contributed by atoms with Crippen LogP contribution in [0.5, 0.6) is 0 Å². The first kappa shape index (κ1) is 16.7. The van der Waals surface area contributed by atoms with E-state index in [9.17, 15) is 15.0 Å². The molecule has 0 spiro atoms. The molecule has 0 radical (unpaired) electrons. The largest absolute Gasteiger partial charge is 0.396 e. The number of aromatic nitrogens is 2. The first-order chi connectivity index (χ1) is 11.6. The number of nitrogens with zero attached hydrogens (tertiary/aromatic N) is 2. The van der Waals surface area contributed by atoms with Crippen molar-refractivity contribution in [2.24, 2.45) is 5.41 Å². The van der Waals surface area contributed by atoms with Gasteiger partial charge in [-0.15, -0.1) is 0 Å². The summed E-state index contributed by atoms with van der Waals surface area (Å²) in [5.74, 6) is -0.0166. The van der Waals surface area contributed by atoms with Crippen molar-refractivity contribution in [2.75, 3.05) is 19.7 Å². The van der Waals surface area contributed by atoms with E-state index in [4.69, 9.17) is 0 Å². The summed E-state index contributed by atoms with van der Waals surface area (Å²) in [6.07, 6.45) is 3.83. The Balaban J connectivity index is 1.74. The molecule has 2 heterocycles. The molecule has 0 unspecified atom stereocenters. The highest BCUT2D eigenvalue weighted by atomic mass is 16.3. The third kappa shape index (κ3) is 3.49. The molecule has 6 nitrogen and oxygen atoms in total. The Morgan fingerprint density at radius 3 is 2.83 bits per heavy atom. The number of benzene rings is 1. The van der Waals surface area contributed by atoms with E-state index in [0.717, 1.165) is 11.3 Å². The number of aliphatic hydroxyl groups excluding tert-OH is 2. The van der Waals surface area contributed by atoms with Gasteiger partial charge in [0.25, 0.3) is 0 Å². The van der Waals surface area contributed by atoms with Gasteiger partial charge in [-0.3, -0.25) is 4.79 Å². The highest BCUT2D eigenvalue weighted by Crippen LogP contribution is 2.34. The average Bonchev–Trinajstić information content (AvgIpc) is 3.11. The number of aromatic amines is 1. The number of hydrogen-bond donors (Lipinski definition) is 3. The lowest BCUT2D eigenvalue weighted by molar-refractivity contribution is -0.141. The molecule has 2 atom stereocenters. The molecule has 3 rings (SSSR count). The molecule has 0 saturated carbocycles. The fourth-order valence-electron chi connectivity index (χ4n) is 3.41. The van der Waals surface area contributed by atoms with Gasteiger partial charge in [-0.1, -0.05) is 30.3 Å². The molecule has 6 heteroatoms. The number of H-pyrrole nitrogens is 1. The van der Waals surface area contributed by atoms with Gasteiger partial charge in [0.15, 0.2) is 0 Å². The first-order valence-corrected chi connectivity index (χ1v) is 8.21. The van der Waals surface area contributed by atoms with Gasteiger partial charge in [0, 0.05) is 30.4 Å². The summed E-state index contributed by atoms with van der Waals surface area (Å²) in [6, 6.07) is 9.78. The van der Waals surface area contributed by atoms with Crippen molar-refractivity contribution < 1.29 is 15.0 Å². The summed E-state index contributed by atoms with van der Waals surface area (Å²) in [4.78, 5) is 21.1. The quantitative estimate of drug-likeness (QED) is 0.756. The summed E-state index contributed by atoms with van der Waals surface area (Å²) < 4.78 is 0. The summed E-state index contributed by atoms with van der Waals surface area (Å²) in [7, 11) is 0. The summed E-state index contributed by atoms with van der Waals surface area (Å²) in [5.41, 5.74) is 1.10. The molecule has 0 bridgehead atoms. The molecule has 3 N–H and O–H groups in total. The number of carbonyl (C=O) groups excluding carboxylic acids is 1. The van der Waals surface area contributed by atoms with Crippen LogP contribution in [0.2, 0.25) is 0 Å². The first-order valence-electron chi connectivity index (χ1n) is 8.21. The number of piperidine rings is 1. The summed E-state index contributed by atoms with van der Waals surface area (Å²) in [5, 5.41) is 20.5. The smallest absolute Gasteiger partial charge is 0.228 e. The second-order valence-electron chi connectivity index (χ2n) is 6.56. The normalized spacial score (nSPS) is 24.1. The highest BCUT2D eigenvalue weighted by molar-refractivity contribution is 5.78. The monoisotopic (exact) mass is 329 g/mol. The summed E-state index contributed by atoms with van der Waals surface area (Å²) in [6.45, 7) is 0.702. The zero-order chi connectivity index (χ0) is 17.0. The van der Waals surface area contributed by atoms with Gasteiger partial charge in [-0.25, -0.2) is 4.98 Å². The van der Waals surface area contributed by atoms with Crippen molar-refractivity contribution in [3.8, 4) is 0 Å². The van der Waals surface area contributed by atoms with Gasteiger partial charge in [0.1, 0.15) is 0 Å². The van der Waals surface area contributed by atoms with Crippen LogP contribution in [0.15, 0.2) is 42.9 Å². The standard InChI is InChI=1S/C18H23N3O3/c22-12-18(9-14-4-2-1-3-5-14)11-21(7-6-16(18)23)17(24)8-15-10-19-13-20-15/h1-5,10,13,16,22-23H,6-9,11-12H2,(H,19,20)/t16-,18+/m1/s1. The van der Waals surface area contributed by atoms with E-state index in [0.29, 0.717) is 25.9 Å². The van der Waals surface area contributed by atoms with Crippen LogP contribution in [-0.2, 0) is 17.6 Å². The molecular formula is C18H23N3O3. The van der Waals surface area contributed by atoms with Gasteiger partial charge in [-0.05, 0) is 18.4 Å². The van der Waals surface area contributed by atoms with E-state index in [2.05, 4.69) is 9.97 Å². The summed E-state index contributed by atoms with van der Waals surface area (Å²) >= 11 is 0. The van der Waals surface area contributed by atoms with E-state index in [1.165, 1.54) is 0 Å². The van der Waals surface area contributed by atoms with E-state index in [1.807, 2.05) is 30.3 Å². The maximum atomic E-state index is 12.5. The lowest BCUT2D eigenvalue weighted by Gasteiger charge is -2.45. The van der Waals surface area contributed by atoms with Gasteiger partial charge < -0.3 is 20.1 Å². The zero-order valence-corrected chi connectivity index (χ0v) is 13.6. The van der Waals surface area contributed by atoms with Crippen LogP contribution in [0.3, 0.4) is 0 Å². The van der Waals surface area contributed by atoms with Gasteiger partial charge in [0.2, 0.25) is 5.91 Å². The number of amides is 1. The molecule has 128 valence electrons. The Kier molecular flexibility index (Phi) is 4.97. The topological polar surface area (TPSA) is 89.5 Å². The van der Waals surface area contributed by atoms with Crippen LogP contribution in [-0.4, -0.2) is 56.8 Å². The molecule has 24 heavy (non-hydrogen) atoms. The molecule has 1 aliphatic heterocycles. The number of imidazole rings is 1. The van der Waals surface area contributed by atoms with Crippen LogP contribution in [0.25, 0.3) is 0 Å². The molecule has 2 aromatic rings. The third-order valence-electron chi connectivity index (χ3n) is 4.85. The molecule has 1 aromatic carbocycles. The highest BCUT2D eigenvalue weighted by Gasteiger charge is 2.43. The van der Waals surface area contributed by atoms with Crippen molar-refractivity contribution in [3.63, 3.8) is 0 Å². The van der Waals surface area contributed by atoms with Gasteiger partial charge in [-0.2, -0.15) is 0 Å². The molecule has 1 fully saturated rings. The van der Waals surface area contributed by atoms with E-state index in [-0.39, 0.29) is 18.9 Å². The van der Waals surface area contributed by atoms with E-state index >= 15 is 0 Å². The second-order valence-corrected chi connectivity index (χ2v) is 6.56. The molecule has 0 aliphatic carbocycles. The molecule has 1 aliphatic rings. The Bertz CT molecular complexity index is 659. The van der Waals surface area contributed by atoms with Crippen molar-refractivity contribution in [1.29, 1.82) is 0 Å². The Morgan fingerprint density at radius 2 is 2.17 bits per heavy atom. The number of rotatable bonds is 5. The number of nitrogens with one attached hydrogen (secondary N) is 1. The predicted molar refractivity (Wildman–Crippen MR) is 89.2 cm³/mol. The molecule has 1 amide bonds. The molecule has 1 saturated heterocycles. The molecular weight excluding hydrogens is 306 g/mol. The van der Waals surface area contributed by atoms with Crippen molar-refractivity contribution in [1.82, 2.24) is 14.9 Å². The Morgan fingerprint density at radius 1 is 1.38 bits per heavy atom. The van der Waals surface area contributed by atoms with E-state index < -0.39 is 11.5 Å². The Labute approximate surface area is 141 Å². The van der Waals surface area contributed by atoms with E-state index in [1.54, 1.807) is 17.4 Å². The predicted octanol–water partition coefficient (Wildman–Crippen LogP) is 0.767. The van der Waals surface area contributed by atoms with Crippen LogP contribution in [0.1, 0.15) is 17.7 Å². The maximum Gasteiger partial charge on any atom is 0.228 e. The lowest BCUT2D eigenvalue weighted by atomic mass is 9.73. The second kappa shape index (κ2) is 7.15. The number of likely N-dealkylation sites (tertiary alicyclic amines) is 1. The minimum Gasteiger partial charge on any atom is -0.396 e. The third-order valence-corrected chi connectivity index (χ3v) is 4.85. The zero-order valence-electron chi connectivity index (χ0n) is 13.6. The lowest BCUT2D eigenvalue weighted by Crippen LogP contribution is -2.56. The number of carbonyl (C=O) groups is 1. The van der Waals surface area contributed by atoms with Crippen molar-refractivity contribution in [3.05, 3.63) is 54.1 Å². The average molecular weight is 329 g/mol. The van der Waals surface area contributed by atoms with Crippen LogP contribution >= 0.6 is 0 Å². The van der Waals surface area contributed by atoms with Gasteiger partial charge >= 0.3 is 0 Å². The van der Waals surface area contributed by atoms with Crippen molar-refractivity contribution in [2.45, 2.75) is 25.4 Å². The minimum absolute atomic E-state index is 0.0166. The van der Waals surface area contributed by atoms with Crippen LogP contribution in [0.4, 0.5) is 0 Å². The van der Waals surface area contributed by atoms with Gasteiger partial charge in [0.05, 0.1) is 25.5 Å². The SMILES string of the molecule is O=C(Cc1cnc[nH]1)N1CC[C@@H](O)[C@@](CO)(Cc2ccccc2)C1.